The molecule has 0 aromatic heterocycles. The van der Waals surface area contributed by atoms with Gasteiger partial charge in [-0.05, 0) is 40.1 Å². The first-order chi connectivity index (χ1) is 15.6. The van der Waals surface area contributed by atoms with E-state index in [0.717, 1.165) is 21.9 Å². The van der Waals surface area contributed by atoms with Crippen LogP contribution in [0.1, 0.15) is 16.7 Å². The molecule has 0 radical (unpaired) electrons. The molecule has 0 amide bonds. The van der Waals surface area contributed by atoms with Crippen LogP contribution in [0.15, 0.2) is 90.1 Å². The third-order valence-corrected chi connectivity index (χ3v) is 4.85. The summed E-state index contributed by atoms with van der Waals surface area (Å²) in [7, 11) is 0. The molecule has 4 aromatic carbocycles. The highest BCUT2D eigenvalue weighted by Crippen LogP contribution is 2.27. The predicted molar refractivity (Wildman–Crippen MR) is 120 cm³/mol. The lowest BCUT2D eigenvalue weighted by molar-refractivity contribution is -0.384. The van der Waals surface area contributed by atoms with Crippen molar-refractivity contribution in [1.82, 2.24) is 0 Å². The monoisotopic (exact) mass is 430 g/mol. The molecule has 0 unspecified atom stereocenters. The van der Waals surface area contributed by atoms with E-state index in [1.54, 1.807) is 30.5 Å². The van der Waals surface area contributed by atoms with Crippen molar-refractivity contribution in [3.05, 3.63) is 118 Å². The third-order valence-electron chi connectivity index (χ3n) is 4.85. The van der Waals surface area contributed by atoms with Crippen molar-refractivity contribution in [2.24, 2.45) is 5.16 Å². The summed E-state index contributed by atoms with van der Waals surface area (Å²) in [6.45, 7) is 0.364. The Bertz CT molecular complexity index is 1270. The van der Waals surface area contributed by atoms with E-state index in [4.69, 9.17) is 9.57 Å². The van der Waals surface area contributed by atoms with Gasteiger partial charge in [0.25, 0.3) is 5.69 Å². The average Bonchev–Trinajstić information content (AvgIpc) is 2.82. The topological polar surface area (TPSA) is 74.0 Å². The van der Waals surface area contributed by atoms with Crippen LogP contribution in [-0.4, -0.2) is 11.1 Å². The molecule has 7 heteroatoms. The average molecular weight is 430 g/mol. The van der Waals surface area contributed by atoms with Crippen LogP contribution in [-0.2, 0) is 18.1 Å². The molecule has 0 aliphatic heterocycles. The van der Waals surface area contributed by atoms with Gasteiger partial charge in [0, 0.05) is 17.7 Å². The van der Waals surface area contributed by atoms with E-state index in [1.807, 2.05) is 36.4 Å². The van der Waals surface area contributed by atoms with E-state index in [0.29, 0.717) is 11.3 Å². The summed E-state index contributed by atoms with van der Waals surface area (Å²) < 4.78 is 19.1. The van der Waals surface area contributed by atoms with Crippen LogP contribution in [0, 0.1) is 15.9 Å². The van der Waals surface area contributed by atoms with Gasteiger partial charge in [0.2, 0.25) is 0 Å². The maximum absolute atomic E-state index is 13.1. The molecule has 0 bridgehead atoms. The molecule has 6 nitrogen and oxygen atoms in total. The molecule has 0 saturated carbocycles. The van der Waals surface area contributed by atoms with Crippen LogP contribution in [0.5, 0.6) is 5.75 Å². The van der Waals surface area contributed by atoms with Gasteiger partial charge in [-0.2, -0.15) is 0 Å². The van der Waals surface area contributed by atoms with E-state index in [9.17, 15) is 14.5 Å². The second-order valence-corrected chi connectivity index (χ2v) is 7.05. The van der Waals surface area contributed by atoms with Gasteiger partial charge in [-0.15, -0.1) is 0 Å². The Labute approximate surface area is 183 Å². The van der Waals surface area contributed by atoms with Gasteiger partial charge in [-0.25, -0.2) is 4.39 Å². The molecule has 0 saturated heterocycles. The number of hydrogen-bond acceptors (Lipinski definition) is 5. The molecule has 0 N–H and O–H groups in total. The van der Waals surface area contributed by atoms with Crippen molar-refractivity contribution in [1.29, 1.82) is 0 Å². The highest BCUT2D eigenvalue weighted by molar-refractivity contribution is 6.02. The van der Waals surface area contributed by atoms with Crippen molar-refractivity contribution in [3.8, 4) is 5.75 Å². The van der Waals surface area contributed by atoms with Gasteiger partial charge in [0.05, 0.1) is 11.1 Å². The lowest BCUT2D eigenvalue weighted by atomic mass is 10.0. The number of nitro groups is 1. The molecule has 160 valence electrons. The SMILES string of the molecule is O=[N+]([O-])c1cccc(CO/N=C\c2c(OCc3ccc(F)cc3)ccc3ccccc23)c1. The number of ether oxygens (including phenoxy) is 1. The van der Waals surface area contributed by atoms with Crippen LogP contribution < -0.4 is 4.74 Å². The zero-order valence-corrected chi connectivity index (χ0v) is 17.0. The lowest BCUT2D eigenvalue weighted by Gasteiger charge is -2.12. The number of rotatable bonds is 8. The number of benzene rings is 4. The van der Waals surface area contributed by atoms with Crippen molar-refractivity contribution in [2.75, 3.05) is 0 Å². The molecule has 0 fully saturated rings. The van der Waals surface area contributed by atoms with E-state index in [1.165, 1.54) is 24.3 Å². The van der Waals surface area contributed by atoms with E-state index in [2.05, 4.69) is 5.16 Å². The first-order valence-corrected chi connectivity index (χ1v) is 9.88. The first-order valence-electron chi connectivity index (χ1n) is 9.88. The number of oxime groups is 1. The van der Waals surface area contributed by atoms with Crippen LogP contribution in [0.3, 0.4) is 0 Å². The molecule has 0 aliphatic rings. The Kier molecular flexibility index (Phi) is 6.36. The fourth-order valence-electron chi connectivity index (χ4n) is 3.24. The first kappa shape index (κ1) is 21.0. The highest BCUT2D eigenvalue weighted by Gasteiger charge is 2.09. The number of non-ortho nitro benzene ring substituents is 1. The van der Waals surface area contributed by atoms with Crippen molar-refractivity contribution < 1.29 is 18.9 Å². The van der Waals surface area contributed by atoms with Gasteiger partial charge in [-0.3, -0.25) is 10.1 Å². The number of nitrogens with zero attached hydrogens (tertiary/aromatic N) is 2. The Morgan fingerprint density at radius 1 is 0.906 bits per heavy atom. The molecule has 0 heterocycles. The minimum Gasteiger partial charge on any atom is -0.488 e. The lowest BCUT2D eigenvalue weighted by Crippen LogP contribution is -2.00. The molecule has 4 aromatic rings. The second-order valence-electron chi connectivity index (χ2n) is 7.05. The van der Waals surface area contributed by atoms with Gasteiger partial charge in [0.1, 0.15) is 24.8 Å². The number of halogens is 1. The smallest absolute Gasteiger partial charge is 0.269 e. The Hall–Kier alpha value is -4.26. The zero-order valence-electron chi connectivity index (χ0n) is 17.0. The summed E-state index contributed by atoms with van der Waals surface area (Å²) in [6, 6.07) is 24.0. The summed E-state index contributed by atoms with van der Waals surface area (Å²) in [6.07, 6.45) is 1.57. The van der Waals surface area contributed by atoms with Crippen LogP contribution in [0.25, 0.3) is 10.8 Å². The van der Waals surface area contributed by atoms with Crippen molar-refractivity contribution >= 4 is 22.7 Å². The Balaban J connectivity index is 1.53. The van der Waals surface area contributed by atoms with E-state index in [-0.39, 0.29) is 24.7 Å². The standard InChI is InChI=1S/C25H19FN2O4/c26-21-11-8-18(9-12-21)16-31-25-13-10-20-5-1-2-7-23(20)24(25)15-27-32-17-19-4-3-6-22(14-19)28(29)30/h1-15H,16-17H2/b27-15-. The molecular formula is C25H19FN2O4. The number of hydrogen-bond donors (Lipinski definition) is 0. The van der Waals surface area contributed by atoms with E-state index < -0.39 is 4.92 Å². The Morgan fingerprint density at radius 3 is 2.53 bits per heavy atom. The van der Waals surface area contributed by atoms with Gasteiger partial charge < -0.3 is 9.57 Å². The second kappa shape index (κ2) is 9.70. The van der Waals surface area contributed by atoms with Gasteiger partial charge >= 0.3 is 0 Å². The molecular weight excluding hydrogens is 411 g/mol. The van der Waals surface area contributed by atoms with Crippen LogP contribution in [0.2, 0.25) is 0 Å². The van der Waals surface area contributed by atoms with E-state index >= 15 is 0 Å². The summed E-state index contributed by atoms with van der Waals surface area (Å²) in [5, 5.41) is 16.9. The molecule has 4 rings (SSSR count). The number of fused-ring (bicyclic) bond motifs is 1. The molecule has 0 atom stereocenters. The predicted octanol–water partition coefficient (Wildman–Crippen LogP) is 6.02. The molecule has 32 heavy (non-hydrogen) atoms. The Morgan fingerprint density at radius 2 is 1.72 bits per heavy atom. The molecule has 0 aliphatic carbocycles. The van der Waals surface area contributed by atoms with Gasteiger partial charge in [-0.1, -0.05) is 59.8 Å². The van der Waals surface area contributed by atoms with Crippen molar-refractivity contribution in [2.45, 2.75) is 13.2 Å². The van der Waals surface area contributed by atoms with Crippen LogP contribution >= 0.6 is 0 Å². The fraction of sp³-hybridized carbons (Fsp3) is 0.0800. The largest absolute Gasteiger partial charge is 0.488 e. The molecule has 0 spiro atoms. The van der Waals surface area contributed by atoms with Crippen molar-refractivity contribution in [3.63, 3.8) is 0 Å². The maximum Gasteiger partial charge on any atom is 0.269 e. The fourth-order valence-corrected chi connectivity index (χ4v) is 3.24. The quantitative estimate of drug-likeness (QED) is 0.195. The minimum absolute atomic E-state index is 0.000567. The highest BCUT2D eigenvalue weighted by atomic mass is 19.1. The minimum atomic E-state index is -0.451. The summed E-state index contributed by atoms with van der Waals surface area (Å²) in [4.78, 5) is 15.9. The van der Waals surface area contributed by atoms with Crippen LogP contribution in [0.4, 0.5) is 10.1 Å². The van der Waals surface area contributed by atoms with Gasteiger partial charge in [0.15, 0.2) is 0 Å². The summed E-state index contributed by atoms with van der Waals surface area (Å²) in [5.41, 5.74) is 2.22. The summed E-state index contributed by atoms with van der Waals surface area (Å²) >= 11 is 0. The number of nitro benzene ring substituents is 1. The zero-order chi connectivity index (χ0) is 22.3. The maximum atomic E-state index is 13.1. The third kappa shape index (κ3) is 5.07. The normalized spacial score (nSPS) is 11.0. The summed E-state index contributed by atoms with van der Waals surface area (Å²) in [5.74, 6) is 0.309.